The van der Waals surface area contributed by atoms with Gasteiger partial charge in [0.15, 0.2) is 0 Å². The molecule has 1 saturated carbocycles. The highest BCUT2D eigenvalue weighted by atomic mass is 16.5. The fourth-order valence-electron chi connectivity index (χ4n) is 3.47. The predicted octanol–water partition coefficient (Wildman–Crippen LogP) is 2.17. The molecule has 2 fully saturated rings. The Labute approximate surface area is 123 Å². The van der Waals surface area contributed by atoms with Crippen LogP contribution in [0.2, 0.25) is 0 Å². The molecule has 1 aliphatic heterocycles. The van der Waals surface area contributed by atoms with Crippen molar-refractivity contribution in [3.8, 4) is 0 Å². The summed E-state index contributed by atoms with van der Waals surface area (Å²) in [5, 5.41) is 0. The van der Waals surface area contributed by atoms with Crippen molar-refractivity contribution < 1.29 is 9.53 Å². The summed E-state index contributed by atoms with van der Waals surface area (Å²) >= 11 is 0. The van der Waals surface area contributed by atoms with Gasteiger partial charge in [-0.1, -0.05) is 19.8 Å². The van der Waals surface area contributed by atoms with Gasteiger partial charge < -0.3 is 15.4 Å². The molecular weight excluding hydrogens is 252 g/mol. The van der Waals surface area contributed by atoms with Crippen LogP contribution in [-0.4, -0.2) is 42.6 Å². The molecule has 0 spiro atoms. The van der Waals surface area contributed by atoms with E-state index in [-0.39, 0.29) is 24.7 Å². The third-order valence-corrected chi connectivity index (χ3v) is 5.01. The average Bonchev–Trinajstić information content (AvgIpc) is 2.46. The minimum atomic E-state index is 0.146. The Morgan fingerprint density at radius 2 is 2.05 bits per heavy atom. The van der Waals surface area contributed by atoms with Gasteiger partial charge in [0.05, 0.1) is 6.10 Å². The molecule has 0 aromatic rings. The molecule has 2 rings (SSSR count). The fraction of sp³-hybridized carbons (Fsp3) is 0.938. The van der Waals surface area contributed by atoms with Crippen molar-refractivity contribution in [2.24, 2.45) is 17.6 Å². The summed E-state index contributed by atoms with van der Waals surface area (Å²) in [5.41, 5.74) is 5.97. The summed E-state index contributed by atoms with van der Waals surface area (Å²) in [6, 6.07) is 0.171. The molecule has 1 amide bonds. The normalized spacial score (nSPS) is 33.0. The van der Waals surface area contributed by atoms with Crippen LogP contribution in [0.5, 0.6) is 0 Å². The fourth-order valence-corrected chi connectivity index (χ4v) is 3.47. The van der Waals surface area contributed by atoms with Gasteiger partial charge in [-0.05, 0) is 44.4 Å². The van der Waals surface area contributed by atoms with E-state index in [1.165, 1.54) is 19.3 Å². The van der Waals surface area contributed by atoms with Gasteiger partial charge in [-0.2, -0.15) is 0 Å². The number of likely N-dealkylation sites (tertiary alicyclic amines) is 1. The third kappa shape index (κ3) is 4.19. The van der Waals surface area contributed by atoms with Crippen LogP contribution in [0.3, 0.4) is 0 Å². The molecule has 1 heterocycles. The molecule has 116 valence electrons. The highest BCUT2D eigenvalue weighted by Crippen LogP contribution is 2.26. The highest BCUT2D eigenvalue weighted by molar-refractivity contribution is 5.77. The van der Waals surface area contributed by atoms with Gasteiger partial charge >= 0.3 is 0 Å². The van der Waals surface area contributed by atoms with E-state index in [0.717, 1.165) is 32.4 Å². The lowest BCUT2D eigenvalue weighted by molar-refractivity contribution is -0.142. The summed E-state index contributed by atoms with van der Waals surface area (Å²) in [7, 11) is 0. The first kappa shape index (κ1) is 15.8. The molecule has 0 unspecified atom stereocenters. The Morgan fingerprint density at radius 1 is 1.30 bits per heavy atom. The zero-order valence-corrected chi connectivity index (χ0v) is 13.0. The molecule has 0 aromatic heterocycles. The number of nitrogens with zero attached hydrogens (tertiary/aromatic N) is 1. The zero-order valence-electron chi connectivity index (χ0n) is 13.0. The maximum absolute atomic E-state index is 12.3. The molecule has 1 aliphatic carbocycles. The van der Waals surface area contributed by atoms with E-state index in [2.05, 4.69) is 6.92 Å². The summed E-state index contributed by atoms with van der Waals surface area (Å²) in [6.07, 6.45) is 7.37. The van der Waals surface area contributed by atoms with Crippen LogP contribution < -0.4 is 5.73 Å². The lowest BCUT2D eigenvalue weighted by atomic mass is 9.88. The lowest BCUT2D eigenvalue weighted by Gasteiger charge is -2.35. The van der Waals surface area contributed by atoms with Crippen molar-refractivity contribution in [3.05, 3.63) is 0 Å². The van der Waals surface area contributed by atoms with Crippen molar-refractivity contribution in [3.63, 3.8) is 0 Å². The summed E-state index contributed by atoms with van der Waals surface area (Å²) < 4.78 is 5.88. The first-order chi connectivity index (χ1) is 9.58. The van der Waals surface area contributed by atoms with Gasteiger partial charge in [-0.3, -0.25) is 4.79 Å². The van der Waals surface area contributed by atoms with Crippen LogP contribution in [-0.2, 0) is 9.53 Å². The number of rotatable bonds is 4. The molecule has 1 saturated heterocycles. The second kappa shape index (κ2) is 7.41. The largest absolute Gasteiger partial charge is 0.368 e. The van der Waals surface area contributed by atoms with Gasteiger partial charge in [0.1, 0.15) is 6.61 Å². The van der Waals surface area contributed by atoms with Crippen molar-refractivity contribution >= 4 is 5.91 Å². The molecule has 4 heteroatoms. The first-order valence-electron chi connectivity index (χ1n) is 8.23. The molecule has 0 radical (unpaired) electrons. The van der Waals surface area contributed by atoms with Gasteiger partial charge in [0, 0.05) is 19.1 Å². The van der Waals surface area contributed by atoms with E-state index in [9.17, 15) is 4.79 Å². The second-order valence-electron chi connectivity index (χ2n) is 6.71. The van der Waals surface area contributed by atoms with E-state index in [4.69, 9.17) is 10.5 Å². The first-order valence-corrected chi connectivity index (χ1v) is 8.23. The molecule has 2 aliphatic rings. The Morgan fingerprint density at radius 3 is 2.75 bits per heavy atom. The van der Waals surface area contributed by atoms with Gasteiger partial charge in [0.25, 0.3) is 0 Å². The second-order valence-corrected chi connectivity index (χ2v) is 6.71. The van der Waals surface area contributed by atoms with Crippen LogP contribution >= 0.6 is 0 Å². The standard InChI is InChI=1S/C16H30N2O2/c1-12-6-3-4-8-15(12)20-11-16(19)18-9-5-7-14(10-18)13(2)17/h12-15H,3-11,17H2,1-2H3/t12-,13-,14+,15+/m0/s1. The zero-order chi connectivity index (χ0) is 14.5. The topological polar surface area (TPSA) is 55.6 Å². The molecule has 20 heavy (non-hydrogen) atoms. The predicted molar refractivity (Wildman–Crippen MR) is 80.3 cm³/mol. The van der Waals surface area contributed by atoms with Crippen LogP contribution in [0.1, 0.15) is 52.4 Å². The minimum Gasteiger partial charge on any atom is -0.368 e. The Kier molecular flexibility index (Phi) is 5.85. The summed E-state index contributed by atoms with van der Waals surface area (Å²) in [4.78, 5) is 14.2. The van der Waals surface area contributed by atoms with Crippen molar-refractivity contribution in [1.29, 1.82) is 0 Å². The summed E-state index contributed by atoms with van der Waals surface area (Å²) in [5.74, 6) is 1.18. The number of nitrogens with two attached hydrogens (primary N) is 1. The average molecular weight is 282 g/mol. The minimum absolute atomic E-state index is 0.146. The maximum atomic E-state index is 12.3. The van der Waals surface area contributed by atoms with E-state index in [0.29, 0.717) is 11.8 Å². The van der Waals surface area contributed by atoms with Crippen molar-refractivity contribution in [2.75, 3.05) is 19.7 Å². The van der Waals surface area contributed by atoms with Crippen LogP contribution in [0.15, 0.2) is 0 Å². The monoisotopic (exact) mass is 282 g/mol. The molecular formula is C16H30N2O2. The maximum Gasteiger partial charge on any atom is 0.248 e. The van der Waals surface area contributed by atoms with Crippen molar-refractivity contribution in [1.82, 2.24) is 4.90 Å². The number of hydrogen-bond acceptors (Lipinski definition) is 3. The van der Waals surface area contributed by atoms with Crippen molar-refractivity contribution in [2.45, 2.75) is 64.5 Å². The molecule has 2 N–H and O–H groups in total. The quantitative estimate of drug-likeness (QED) is 0.859. The number of carbonyl (C=O) groups excluding carboxylic acids is 1. The van der Waals surface area contributed by atoms with Gasteiger partial charge in [-0.15, -0.1) is 0 Å². The SMILES string of the molecule is C[C@H](N)[C@@H]1CCCN(C(=O)CO[C@@H]2CCCC[C@@H]2C)C1. The Balaban J connectivity index is 1.76. The van der Waals surface area contributed by atoms with Crippen LogP contribution in [0, 0.1) is 11.8 Å². The van der Waals surface area contributed by atoms with E-state index < -0.39 is 0 Å². The van der Waals surface area contributed by atoms with E-state index in [1.807, 2.05) is 11.8 Å². The number of hydrogen-bond donors (Lipinski definition) is 1. The Bertz CT molecular complexity index is 320. The summed E-state index contributed by atoms with van der Waals surface area (Å²) in [6.45, 7) is 6.20. The molecule has 0 bridgehead atoms. The molecule has 4 nitrogen and oxygen atoms in total. The van der Waals surface area contributed by atoms with Crippen LogP contribution in [0.25, 0.3) is 0 Å². The lowest BCUT2D eigenvalue weighted by Crippen LogP contribution is -2.46. The number of amides is 1. The molecule has 0 aromatic carbocycles. The van der Waals surface area contributed by atoms with Gasteiger partial charge in [0.2, 0.25) is 5.91 Å². The van der Waals surface area contributed by atoms with Crippen LogP contribution in [0.4, 0.5) is 0 Å². The number of ether oxygens (including phenoxy) is 1. The van der Waals surface area contributed by atoms with E-state index >= 15 is 0 Å². The highest BCUT2D eigenvalue weighted by Gasteiger charge is 2.27. The number of piperidine rings is 1. The third-order valence-electron chi connectivity index (χ3n) is 5.01. The Hall–Kier alpha value is -0.610. The van der Waals surface area contributed by atoms with E-state index in [1.54, 1.807) is 0 Å². The smallest absolute Gasteiger partial charge is 0.248 e. The number of carbonyl (C=O) groups is 1. The van der Waals surface area contributed by atoms with Gasteiger partial charge in [-0.25, -0.2) is 0 Å². The molecule has 4 atom stereocenters.